The predicted octanol–water partition coefficient (Wildman–Crippen LogP) is 2.90. The molecular weight excluding hydrogens is 318 g/mol. The number of aromatic carboxylic acids is 1. The lowest BCUT2D eigenvalue weighted by Gasteiger charge is -2.56. The summed E-state index contributed by atoms with van der Waals surface area (Å²) in [4.78, 5) is 36.2. The van der Waals surface area contributed by atoms with Crippen molar-refractivity contribution in [3.8, 4) is 0 Å². The first-order chi connectivity index (χ1) is 11.9. The first-order valence-electron chi connectivity index (χ1n) is 9.10. The van der Waals surface area contributed by atoms with Crippen LogP contribution in [0.3, 0.4) is 0 Å². The summed E-state index contributed by atoms with van der Waals surface area (Å²) in [6.45, 7) is 0.0439. The maximum Gasteiger partial charge on any atom is 0.335 e. The van der Waals surface area contributed by atoms with Gasteiger partial charge in [-0.2, -0.15) is 0 Å². The van der Waals surface area contributed by atoms with Gasteiger partial charge in [-0.1, -0.05) is 6.07 Å². The molecule has 4 aliphatic carbocycles. The van der Waals surface area contributed by atoms with Crippen LogP contribution >= 0.6 is 0 Å². The summed E-state index contributed by atoms with van der Waals surface area (Å²) in [5.74, 6) is 0.782. The Morgan fingerprint density at radius 2 is 1.56 bits per heavy atom. The molecule has 5 rings (SSSR count). The van der Waals surface area contributed by atoms with E-state index in [-0.39, 0.29) is 34.8 Å². The van der Waals surface area contributed by atoms with E-state index in [2.05, 4.69) is 5.32 Å². The van der Waals surface area contributed by atoms with Crippen molar-refractivity contribution in [1.29, 1.82) is 0 Å². The lowest BCUT2D eigenvalue weighted by atomic mass is 9.48. The van der Waals surface area contributed by atoms with Crippen LogP contribution in [-0.2, 0) is 4.79 Å². The van der Waals surface area contributed by atoms with E-state index >= 15 is 0 Å². The molecule has 4 saturated carbocycles. The molecule has 0 atom stereocenters. The van der Waals surface area contributed by atoms with Gasteiger partial charge in [0.05, 0.1) is 12.1 Å². The standard InChI is InChI=1S/C20H23NO4/c22-17(20-8-12-4-13(9-20)6-14(5-12)10-20)11-21-18(23)15-2-1-3-16(7-15)19(24)25/h1-3,7,12-14H,4-6,8-11H2,(H,21,23)(H,24,25). The van der Waals surface area contributed by atoms with Crippen LogP contribution < -0.4 is 5.32 Å². The summed E-state index contributed by atoms with van der Waals surface area (Å²) in [7, 11) is 0. The van der Waals surface area contributed by atoms with Gasteiger partial charge in [0.25, 0.3) is 5.91 Å². The Hall–Kier alpha value is -2.17. The molecular formula is C20H23NO4. The van der Waals surface area contributed by atoms with Crippen LogP contribution in [0.5, 0.6) is 0 Å². The van der Waals surface area contributed by atoms with Crippen LogP contribution in [0.15, 0.2) is 24.3 Å². The molecule has 4 aliphatic rings. The van der Waals surface area contributed by atoms with Gasteiger partial charge in [0.1, 0.15) is 0 Å². The predicted molar refractivity (Wildman–Crippen MR) is 91.3 cm³/mol. The van der Waals surface area contributed by atoms with E-state index in [1.54, 1.807) is 12.1 Å². The third-order valence-electron chi connectivity index (χ3n) is 6.41. The fraction of sp³-hybridized carbons (Fsp3) is 0.550. The van der Waals surface area contributed by atoms with Crippen molar-refractivity contribution in [1.82, 2.24) is 5.32 Å². The molecule has 0 aliphatic heterocycles. The number of hydrogen-bond donors (Lipinski definition) is 2. The van der Waals surface area contributed by atoms with Gasteiger partial charge < -0.3 is 10.4 Å². The Bertz CT molecular complexity index is 704. The number of ketones is 1. The number of nitrogens with one attached hydrogen (secondary N) is 1. The van der Waals surface area contributed by atoms with Crippen molar-refractivity contribution in [3.63, 3.8) is 0 Å². The Morgan fingerprint density at radius 3 is 2.12 bits per heavy atom. The maximum atomic E-state index is 12.9. The molecule has 5 nitrogen and oxygen atoms in total. The Balaban J connectivity index is 1.41. The summed E-state index contributed by atoms with van der Waals surface area (Å²) in [5, 5.41) is 11.7. The molecule has 1 aromatic rings. The van der Waals surface area contributed by atoms with E-state index in [1.807, 2.05) is 0 Å². The quantitative estimate of drug-likeness (QED) is 0.862. The first-order valence-corrected chi connectivity index (χ1v) is 9.10. The summed E-state index contributed by atoms with van der Waals surface area (Å²) in [6, 6.07) is 5.89. The molecule has 0 unspecified atom stereocenters. The van der Waals surface area contributed by atoms with Crippen molar-refractivity contribution in [2.24, 2.45) is 23.2 Å². The number of hydrogen-bond acceptors (Lipinski definition) is 3. The number of carbonyl (C=O) groups is 3. The average molecular weight is 341 g/mol. The third kappa shape index (κ3) is 2.96. The average Bonchev–Trinajstić information content (AvgIpc) is 2.58. The van der Waals surface area contributed by atoms with Gasteiger partial charge >= 0.3 is 5.97 Å². The molecule has 0 aromatic heterocycles. The Morgan fingerprint density at radius 1 is 1.00 bits per heavy atom. The molecule has 0 heterocycles. The number of Topliss-reactive ketones (excluding diaryl/α,β-unsaturated/α-hetero) is 1. The number of carboxylic acid groups (broad SMARTS) is 1. The molecule has 2 N–H and O–H groups in total. The van der Waals surface area contributed by atoms with Gasteiger partial charge in [-0.3, -0.25) is 9.59 Å². The lowest BCUT2D eigenvalue weighted by molar-refractivity contribution is -0.142. The monoisotopic (exact) mass is 341 g/mol. The molecule has 132 valence electrons. The highest BCUT2D eigenvalue weighted by Crippen LogP contribution is 2.60. The Labute approximate surface area is 146 Å². The van der Waals surface area contributed by atoms with E-state index < -0.39 is 5.97 Å². The van der Waals surface area contributed by atoms with E-state index in [4.69, 9.17) is 5.11 Å². The van der Waals surface area contributed by atoms with E-state index in [0.29, 0.717) is 17.8 Å². The van der Waals surface area contributed by atoms with Crippen molar-refractivity contribution in [3.05, 3.63) is 35.4 Å². The number of carboxylic acids is 1. The maximum absolute atomic E-state index is 12.9. The molecule has 1 amide bonds. The molecule has 1 aromatic carbocycles. The van der Waals surface area contributed by atoms with Crippen LogP contribution in [-0.4, -0.2) is 29.3 Å². The van der Waals surface area contributed by atoms with Crippen molar-refractivity contribution in [2.75, 3.05) is 6.54 Å². The van der Waals surface area contributed by atoms with Crippen LogP contribution in [0.2, 0.25) is 0 Å². The first kappa shape index (κ1) is 16.3. The van der Waals surface area contributed by atoms with Gasteiger partial charge in [0.15, 0.2) is 5.78 Å². The second-order valence-electron chi connectivity index (χ2n) is 8.19. The third-order valence-corrected chi connectivity index (χ3v) is 6.41. The zero-order valence-corrected chi connectivity index (χ0v) is 14.2. The normalized spacial score (nSPS) is 32.4. The number of benzene rings is 1. The number of rotatable bonds is 5. The lowest BCUT2D eigenvalue weighted by Crippen LogP contribution is -2.52. The van der Waals surface area contributed by atoms with E-state index in [0.717, 1.165) is 19.3 Å². The van der Waals surface area contributed by atoms with Gasteiger partial charge in [-0.05, 0) is 74.5 Å². The highest BCUT2D eigenvalue weighted by atomic mass is 16.4. The molecule has 0 spiro atoms. The minimum absolute atomic E-state index is 0.0439. The van der Waals surface area contributed by atoms with E-state index in [1.165, 1.54) is 31.4 Å². The number of amides is 1. The zero-order valence-electron chi connectivity index (χ0n) is 14.2. The molecule has 0 saturated heterocycles. The van der Waals surface area contributed by atoms with Crippen LogP contribution in [0, 0.1) is 23.2 Å². The molecule has 5 heteroatoms. The fourth-order valence-corrected chi connectivity index (χ4v) is 5.70. The molecule has 4 bridgehead atoms. The summed E-state index contributed by atoms with van der Waals surface area (Å²) < 4.78 is 0. The molecule has 0 radical (unpaired) electrons. The van der Waals surface area contributed by atoms with Gasteiger partial charge in [-0.25, -0.2) is 4.79 Å². The van der Waals surface area contributed by atoms with Gasteiger partial charge in [-0.15, -0.1) is 0 Å². The largest absolute Gasteiger partial charge is 0.478 e. The zero-order chi connectivity index (χ0) is 17.6. The minimum Gasteiger partial charge on any atom is -0.478 e. The second kappa shape index (κ2) is 5.97. The smallest absolute Gasteiger partial charge is 0.335 e. The fourth-order valence-electron chi connectivity index (χ4n) is 5.70. The Kier molecular flexibility index (Phi) is 3.89. The van der Waals surface area contributed by atoms with Crippen LogP contribution in [0.1, 0.15) is 59.2 Å². The van der Waals surface area contributed by atoms with Crippen molar-refractivity contribution in [2.45, 2.75) is 38.5 Å². The van der Waals surface area contributed by atoms with Crippen LogP contribution in [0.25, 0.3) is 0 Å². The molecule has 4 fully saturated rings. The summed E-state index contributed by atoms with van der Waals surface area (Å²) >= 11 is 0. The highest BCUT2D eigenvalue weighted by Gasteiger charge is 2.54. The summed E-state index contributed by atoms with van der Waals surface area (Å²) in [5.41, 5.74) is 0.128. The van der Waals surface area contributed by atoms with Crippen molar-refractivity contribution < 1.29 is 19.5 Å². The molecule has 25 heavy (non-hydrogen) atoms. The van der Waals surface area contributed by atoms with Crippen LogP contribution in [0.4, 0.5) is 0 Å². The minimum atomic E-state index is -1.07. The highest BCUT2D eigenvalue weighted by molar-refractivity contribution is 5.99. The van der Waals surface area contributed by atoms with Gasteiger partial charge in [0, 0.05) is 11.0 Å². The summed E-state index contributed by atoms with van der Waals surface area (Å²) in [6.07, 6.45) is 6.80. The number of carbonyl (C=O) groups excluding carboxylic acids is 2. The topological polar surface area (TPSA) is 83.5 Å². The SMILES string of the molecule is O=C(O)c1cccc(C(=O)NCC(=O)C23CC4CC(CC(C4)C2)C3)c1. The van der Waals surface area contributed by atoms with Crippen molar-refractivity contribution >= 4 is 17.7 Å². The second-order valence-corrected chi connectivity index (χ2v) is 8.19. The van der Waals surface area contributed by atoms with E-state index in [9.17, 15) is 14.4 Å². The van der Waals surface area contributed by atoms with Gasteiger partial charge in [0.2, 0.25) is 0 Å².